The quantitative estimate of drug-likeness (QED) is 0.339. The highest BCUT2D eigenvalue weighted by Crippen LogP contribution is 2.37. The van der Waals surface area contributed by atoms with Crippen molar-refractivity contribution in [2.75, 3.05) is 0 Å². The molecule has 0 N–H and O–H groups in total. The molecule has 0 aliphatic heterocycles. The lowest BCUT2D eigenvalue weighted by molar-refractivity contribution is -0.113. The zero-order chi connectivity index (χ0) is 23.1. The van der Waals surface area contributed by atoms with Gasteiger partial charge in [-0.25, -0.2) is 4.98 Å². The average molecular weight is 458 g/mol. The summed E-state index contributed by atoms with van der Waals surface area (Å²) in [5.41, 5.74) is 1.50. The Morgan fingerprint density at radius 3 is 2.19 bits per heavy atom. The molecule has 0 aliphatic carbocycles. The van der Waals surface area contributed by atoms with Gasteiger partial charge in [-0.05, 0) is 48.7 Å². The maximum Gasteiger partial charge on any atom is 0.387 e. The molecule has 0 amide bonds. The molecule has 2 aromatic carbocycles. The first kappa shape index (κ1) is 23.7. The van der Waals surface area contributed by atoms with Crippen LogP contribution in [-0.4, -0.2) is 16.7 Å². The van der Waals surface area contributed by atoms with Gasteiger partial charge in [-0.15, -0.1) is 0 Å². The summed E-state index contributed by atoms with van der Waals surface area (Å²) in [5.74, 6) is 0.868. The number of hydrogen-bond acceptors (Lipinski definition) is 5. The van der Waals surface area contributed by atoms with Crippen molar-refractivity contribution in [1.29, 1.82) is 0 Å². The smallest absolute Gasteiger partial charge is 0.387 e. The number of hydrogen-bond donors (Lipinski definition) is 0. The van der Waals surface area contributed by atoms with Gasteiger partial charge in [0.15, 0.2) is 5.12 Å². The first-order valence-electron chi connectivity index (χ1n) is 10.3. The predicted molar refractivity (Wildman–Crippen MR) is 122 cm³/mol. The van der Waals surface area contributed by atoms with Gasteiger partial charge < -0.3 is 9.47 Å². The summed E-state index contributed by atoms with van der Waals surface area (Å²) in [4.78, 5) is 17.7. The van der Waals surface area contributed by atoms with Crippen LogP contribution >= 0.6 is 11.8 Å². The molecule has 0 radical (unpaired) electrons. The first-order chi connectivity index (χ1) is 15.3. The third-order valence-corrected chi connectivity index (χ3v) is 5.89. The topological polar surface area (TPSA) is 48.4 Å². The van der Waals surface area contributed by atoms with Crippen LogP contribution in [0.3, 0.4) is 0 Å². The summed E-state index contributed by atoms with van der Waals surface area (Å²) in [6, 6.07) is 21.1. The van der Waals surface area contributed by atoms with Crippen molar-refractivity contribution in [2.24, 2.45) is 5.92 Å². The Labute approximate surface area is 191 Å². The summed E-state index contributed by atoms with van der Waals surface area (Å²) in [7, 11) is 0. The lowest BCUT2D eigenvalue weighted by Gasteiger charge is -2.22. The number of pyridine rings is 1. The van der Waals surface area contributed by atoms with Crippen LogP contribution in [-0.2, 0) is 4.79 Å². The normalized spacial score (nSPS) is 13.1. The number of ether oxygens (including phenoxy) is 2. The fourth-order valence-corrected chi connectivity index (χ4v) is 4.44. The first-order valence-corrected chi connectivity index (χ1v) is 11.2. The van der Waals surface area contributed by atoms with E-state index in [1.807, 2.05) is 63.2 Å². The number of nitrogens with zero attached hydrogens (tertiary/aromatic N) is 1. The van der Waals surface area contributed by atoms with Gasteiger partial charge in [-0.1, -0.05) is 62.0 Å². The third-order valence-electron chi connectivity index (χ3n) is 4.81. The molecule has 168 valence electrons. The van der Waals surface area contributed by atoms with E-state index in [0.717, 1.165) is 11.3 Å². The van der Waals surface area contributed by atoms with E-state index < -0.39 is 6.61 Å². The van der Waals surface area contributed by atoms with Crippen molar-refractivity contribution < 1.29 is 23.0 Å². The summed E-state index contributed by atoms with van der Waals surface area (Å²) in [6.45, 7) is 2.97. The number of halogens is 2. The highest BCUT2D eigenvalue weighted by Gasteiger charge is 2.27. The van der Waals surface area contributed by atoms with Crippen LogP contribution < -0.4 is 9.47 Å². The second-order valence-corrected chi connectivity index (χ2v) is 8.91. The number of alkyl halides is 2. The molecule has 2 atom stereocenters. The number of benzene rings is 2. The standard InChI is InChI=1S/C25H25F2NO3S/c1-16(2)23(18-12-14-20(15-13-18)31-25(26)27)24(29)32-17(3)21-10-7-11-22(28-21)30-19-8-5-4-6-9-19/h4-17,23,25H,1-3H3/t17-,23?/m0/s1. The van der Waals surface area contributed by atoms with Crippen LogP contribution in [0, 0.1) is 5.92 Å². The van der Waals surface area contributed by atoms with Gasteiger partial charge in [0.05, 0.1) is 16.9 Å². The Morgan fingerprint density at radius 1 is 0.875 bits per heavy atom. The van der Waals surface area contributed by atoms with Gasteiger partial charge >= 0.3 is 6.61 Å². The number of para-hydroxylation sites is 1. The van der Waals surface area contributed by atoms with Gasteiger partial charge in [0.2, 0.25) is 5.88 Å². The maximum atomic E-state index is 13.2. The zero-order valence-electron chi connectivity index (χ0n) is 18.1. The van der Waals surface area contributed by atoms with E-state index in [0.29, 0.717) is 11.6 Å². The minimum Gasteiger partial charge on any atom is -0.439 e. The summed E-state index contributed by atoms with van der Waals surface area (Å²) in [6.07, 6.45) is 0. The number of carbonyl (C=O) groups is 1. The van der Waals surface area contributed by atoms with Crippen molar-refractivity contribution in [3.63, 3.8) is 0 Å². The zero-order valence-corrected chi connectivity index (χ0v) is 18.9. The van der Waals surface area contributed by atoms with Crippen LogP contribution in [0.4, 0.5) is 8.78 Å². The number of rotatable bonds is 9. The molecule has 1 aromatic heterocycles. The lowest BCUT2D eigenvalue weighted by Crippen LogP contribution is -2.16. The van der Waals surface area contributed by atoms with Gasteiger partial charge in [0.1, 0.15) is 11.5 Å². The Bertz CT molecular complexity index is 1010. The fraction of sp³-hybridized carbons (Fsp3) is 0.280. The monoisotopic (exact) mass is 457 g/mol. The molecule has 0 saturated carbocycles. The largest absolute Gasteiger partial charge is 0.439 e. The van der Waals surface area contributed by atoms with E-state index in [2.05, 4.69) is 9.72 Å². The van der Waals surface area contributed by atoms with Gasteiger partial charge in [0.25, 0.3) is 0 Å². The minimum atomic E-state index is -2.88. The van der Waals surface area contributed by atoms with Crippen LogP contribution in [0.5, 0.6) is 17.4 Å². The van der Waals surface area contributed by atoms with Gasteiger partial charge in [0, 0.05) is 6.07 Å². The molecule has 0 saturated heterocycles. The molecule has 3 aromatic rings. The molecule has 32 heavy (non-hydrogen) atoms. The Hall–Kier alpha value is -2.93. The molecular formula is C25H25F2NO3S. The maximum absolute atomic E-state index is 13.2. The Kier molecular flexibility index (Phi) is 8.22. The van der Waals surface area contributed by atoms with Crippen molar-refractivity contribution in [1.82, 2.24) is 4.98 Å². The van der Waals surface area contributed by atoms with E-state index in [9.17, 15) is 13.6 Å². The molecule has 0 aliphatic rings. The minimum absolute atomic E-state index is 0.00814. The molecule has 1 heterocycles. The highest BCUT2D eigenvalue weighted by atomic mass is 32.2. The summed E-state index contributed by atoms with van der Waals surface area (Å²) < 4.78 is 35.0. The molecule has 1 unspecified atom stereocenters. The fourth-order valence-electron chi connectivity index (χ4n) is 3.28. The summed E-state index contributed by atoms with van der Waals surface area (Å²) in [5, 5.41) is -0.198. The third kappa shape index (κ3) is 6.53. The van der Waals surface area contributed by atoms with Gasteiger partial charge in [-0.2, -0.15) is 8.78 Å². The van der Waals surface area contributed by atoms with E-state index in [1.54, 1.807) is 18.2 Å². The van der Waals surface area contributed by atoms with E-state index in [1.165, 1.54) is 23.9 Å². The number of aromatic nitrogens is 1. The van der Waals surface area contributed by atoms with Gasteiger partial charge in [-0.3, -0.25) is 4.79 Å². The SMILES string of the molecule is CC(C)C(C(=O)S[C@@H](C)c1cccc(Oc2ccccc2)n1)c1ccc(OC(F)F)cc1. The predicted octanol–water partition coefficient (Wildman–Crippen LogP) is 7.24. The molecular weight excluding hydrogens is 432 g/mol. The van der Waals surface area contributed by atoms with Crippen LogP contribution in [0.2, 0.25) is 0 Å². The van der Waals surface area contributed by atoms with Crippen molar-refractivity contribution in [3.8, 4) is 17.4 Å². The van der Waals surface area contributed by atoms with Crippen molar-refractivity contribution >= 4 is 16.9 Å². The average Bonchev–Trinajstić information content (AvgIpc) is 2.75. The molecule has 7 heteroatoms. The second-order valence-electron chi connectivity index (χ2n) is 7.56. The van der Waals surface area contributed by atoms with Crippen molar-refractivity contribution in [3.05, 3.63) is 84.1 Å². The van der Waals surface area contributed by atoms with Crippen molar-refractivity contribution in [2.45, 2.75) is 38.6 Å². The summed E-state index contributed by atoms with van der Waals surface area (Å²) >= 11 is 1.21. The molecule has 0 spiro atoms. The van der Waals surface area contributed by atoms with E-state index in [-0.39, 0.29) is 28.0 Å². The molecule has 3 rings (SSSR count). The van der Waals surface area contributed by atoms with E-state index in [4.69, 9.17) is 4.74 Å². The Morgan fingerprint density at radius 2 is 1.56 bits per heavy atom. The number of thioether (sulfide) groups is 1. The molecule has 0 fully saturated rings. The lowest BCUT2D eigenvalue weighted by atomic mass is 9.89. The second kappa shape index (κ2) is 11.1. The van der Waals surface area contributed by atoms with Crippen LogP contribution in [0.15, 0.2) is 72.8 Å². The van der Waals surface area contributed by atoms with E-state index >= 15 is 0 Å². The van der Waals surface area contributed by atoms with Crippen LogP contribution in [0.25, 0.3) is 0 Å². The van der Waals surface area contributed by atoms with Crippen LogP contribution in [0.1, 0.15) is 43.2 Å². The molecule has 0 bridgehead atoms. The highest BCUT2D eigenvalue weighted by molar-refractivity contribution is 8.13. The number of carbonyl (C=O) groups excluding carboxylic acids is 1. The Balaban J connectivity index is 1.70. The molecule has 4 nitrogen and oxygen atoms in total.